The van der Waals surface area contributed by atoms with Gasteiger partial charge in [-0.1, -0.05) is 84.9 Å². The quantitative estimate of drug-likeness (QED) is 0.0770. The summed E-state index contributed by atoms with van der Waals surface area (Å²) >= 11 is 31.9. The van der Waals surface area contributed by atoms with Gasteiger partial charge in [0.05, 0.1) is 29.0 Å². The van der Waals surface area contributed by atoms with Crippen LogP contribution >= 0.6 is 78.3 Å². The molecule has 0 aromatic carbocycles. The predicted molar refractivity (Wildman–Crippen MR) is 408 cm³/mol. The van der Waals surface area contributed by atoms with Crippen LogP contribution in [0.25, 0.3) is 0 Å². The predicted octanol–water partition coefficient (Wildman–Crippen LogP) is 12.3. The van der Waals surface area contributed by atoms with Crippen LogP contribution in [-0.4, -0.2) is 122 Å². The summed E-state index contributed by atoms with van der Waals surface area (Å²) in [5.74, 6) is 1.24. The minimum absolute atomic E-state index is 0.0611. The van der Waals surface area contributed by atoms with Crippen LogP contribution in [-0.2, 0) is 22.7 Å². The number of anilines is 5. The number of nitrogens with zero attached hydrogens (tertiary/aromatic N) is 13. The Bertz CT molecular complexity index is 4630. The third kappa shape index (κ3) is 14.3. The van der Waals surface area contributed by atoms with E-state index in [4.69, 9.17) is 62.2 Å². The minimum atomic E-state index is -1.04. The normalized spacial score (nSPS) is 20.6. The van der Waals surface area contributed by atoms with Gasteiger partial charge in [0.25, 0.3) is 45.9 Å². The van der Waals surface area contributed by atoms with Gasteiger partial charge < -0.3 is 46.4 Å². The average Bonchev–Trinajstić information content (AvgIpc) is 1.55. The van der Waals surface area contributed by atoms with Crippen LogP contribution in [0.4, 0.5) is 28.8 Å². The van der Waals surface area contributed by atoms with Crippen molar-refractivity contribution in [1.29, 1.82) is 0 Å². The molecule has 11 heterocycles. The number of nitrogen functional groups attached to an aromatic ring is 1. The Labute approximate surface area is 646 Å². The molecule has 558 valence electrons. The molecule has 8 saturated carbocycles. The van der Waals surface area contributed by atoms with Crippen molar-refractivity contribution in [1.82, 2.24) is 68.2 Å². The number of carbonyl (C=O) groups excluding carboxylic acids is 4. The van der Waals surface area contributed by atoms with Crippen molar-refractivity contribution in [2.24, 2.45) is 0 Å². The van der Waals surface area contributed by atoms with Crippen LogP contribution in [0.15, 0.2) is 108 Å². The van der Waals surface area contributed by atoms with Gasteiger partial charge in [-0.2, -0.15) is 0 Å². The van der Waals surface area contributed by atoms with E-state index >= 15 is 0 Å². The summed E-state index contributed by atoms with van der Waals surface area (Å²) in [4.78, 5) is 133. The molecule has 4 spiro atoms. The number of hydrogen-bond acceptors (Lipinski definition) is 19. The molecule has 4 amide bonds. The summed E-state index contributed by atoms with van der Waals surface area (Å²) in [5.41, 5.74) is 4.30. The van der Waals surface area contributed by atoms with Crippen molar-refractivity contribution < 1.29 is 29.2 Å². The Morgan fingerprint density at radius 2 is 0.783 bits per heavy atom. The van der Waals surface area contributed by atoms with Crippen LogP contribution in [0.1, 0.15) is 222 Å². The zero-order valence-corrected chi connectivity index (χ0v) is 64.2. The second kappa shape index (κ2) is 30.8. The molecule has 0 atom stereocenters. The Hall–Kier alpha value is -7.58. The molecule has 8 aliphatic carbocycles. The number of carbonyl (C=O) groups is 4. The Kier molecular flexibility index (Phi) is 21.9. The van der Waals surface area contributed by atoms with E-state index in [0.29, 0.717) is 80.6 Å². The number of aromatic nitrogens is 10. The molecule has 12 aliphatic rings. The highest BCUT2D eigenvalue weighted by Gasteiger charge is 2.59. The SMILES string of the molecule is Nc1ccncn1.O=C1NC2(CCCCC2)n2c1c(Cl)cc(Br)c2=O.O=C1c2c(Cl)cc(Br)c(=O)n2C2(CCCCC2)N1C1CC1.O=C1c2c(Cl)cc(Nc3ccncn3)c(=O)n2C2(CCCCC2)N1C1CC1.O=C1c2c(Cl)cc(Nc3ccncn3)c(=O)n2C2(CCCCC2)N1C1CC1.OB(O)C1CC1. The summed E-state index contributed by atoms with van der Waals surface area (Å²) < 4.78 is 7.45. The summed E-state index contributed by atoms with van der Waals surface area (Å²) in [5, 5.41) is 26.9. The lowest BCUT2D eigenvalue weighted by Crippen LogP contribution is -2.52. The van der Waals surface area contributed by atoms with E-state index < -0.39 is 29.8 Å². The fraction of sp³-hybridized carbons (Fsp3) is 0.500. The first-order valence-corrected chi connectivity index (χ1v) is 39.6. The van der Waals surface area contributed by atoms with Crippen molar-refractivity contribution >= 4 is 138 Å². The molecule has 0 unspecified atom stereocenters. The number of pyridine rings is 4. The van der Waals surface area contributed by atoms with Gasteiger partial charge in [-0.15, -0.1) is 0 Å². The van der Waals surface area contributed by atoms with Crippen molar-refractivity contribution in [2.75, 3.05) is 16.4 Å². The van der Waals surface area contributed by atoms with Gasteiger partial charge >= 0.3 is 7.12 Å². The third-order valence-electron chi connectivity index (χ3n) is 22.1. The third-order valence-corrected chi connectivity index (χ3v) is 24.4. The number of nitrogens with two attached hydrogens (primary N) is 1. The highest BCUT2D eigenvalue weighted by molar-refractivity contribution is 9.10. The average molecular weight is 1660 g/mol. The molecule has 27 nitrogen and oxygen atoms in total. The fourth-order valence-electron chi connectivity index (χ4n) is 16.9. The number of halogens is 6. The zero-order valence-electron chi connectivity index (χ0n) is 58.0. The first-order chi connectivity index (χ1) is 51.0. The maximum Gasteiger partial charge on any atom is 0.454 e. The van der Waals surface area contributed by atoms with Crippen molar-refractivity contribution in [2.45, 2.75) is 226 Å². The molecular formula is C72H80BBr2Cl4N17O10. The number of hydrogen-bond donors (Lipinski definition) is 6. The highest BCUT2D eigenvalue weighted by atomic mass is 79.9. The highest BCUT2D eigenvalue weighted by Crippen LogP contribution is 2.53. The number of amides is 4. The van der Waals surface area contributed by atoms with Gasteiger partial charge in [0.2, 0.25) is 0 Å². The van der Waals surface area contributed by atoms with Crippen LogP contribution in [0.2, 0.25) is 25.9 Å². The van der Waals surface area contributed by atoms with E-state index in [2.05, 4.69) is 77.7 Å². The largest absolute Gasteiger partial charge is 0.454 e. The molecule has 0 saturated heterocycles. The van der Waals surface area contributed by atoms with E-state index in [0.717, 1.165) is 173 Å². The Morgan fingerprint density at radius 3 is 1.09 bits per heavy atom. The number of rotatable bonds is 8. The van der Waals surface area contributed by atoms with Crippen LogP contribution < -0.4 is 43.9 Å². The van der Waals surface area contributed by atoms with E-state index in [1.165, 1.54) is 31.5 Å². The van der Waals surface area contributed by atoms with Crippen LogP contribution in [0, 0.1) is 0 Å². The van der Waals surface area contributed by atoms with Gasteiger partial charge in [0, 0.05) is 36.7 Å². The molecule has 0 bridgehead atoms. The van der Waals surface area contributed by atoms with Crippen LogP contribution in [0.5, 0.6) is 0 Å². The lowest BCUT2D eigenvalue weighted by Gasteiger charge is -2.42. The van der Waals surface area contributed by atoms with E-state index in [1.54, 1.807) is 73.3 Å². The maximum absolute atomic E-state index is 13.4. The van der Waals surface area contributed by atoms with E-state index in [-0.39, 0.29) is 69.8 Å². The second-order valence-corrected chi connectivity index (χ2v) is 32.5. The fourth-order valence-corrected chi connectivity index (χ4v) is 19.1. The van der Waals surface area contributed by atoms with Crippen molar-refractivity contribution in [3.05, 3.63) is 173 Å². The smallest absolute Gasteiger partial charge is 0.427 e. The van der Waals surface area contributed by atoms with E-state index in [1.807, 2.05) is 14.7 Å². The number of nitrogens with one attached hydrogen (secondary N) is 3. The summed E-state index contributed by atoms with van der Waals surface area (Å²) in [6.45, 7) is 0. The Morgan fingerprint density at radius 1 is 0.443 bits per heavy atom. The van der Waals surface area contributed by atoms with Gasteiger partial charge in [0.15, 0.2) is 0 Å². The van der Waals surface area contributed by atoms with Gasteiger partial charge in [-0.05, 0) is 221 Å². The standard InChI is InChI=1S/2C19H20ClN5O2.C15H16BrClN2O2.C12H12BrClN2O2.C4H5N3.C3H7BO2/c2*20-13-10-14(23-15-6-9-21-11-22-15)17(26)25-16(13)18(27)24(12-4-5-12)19(25)7-2-1-3-8-19;16-10-8-11(17)12-14(21)18(9-4-5-9)15(19(12)13(10)20)6-2-1-3-7-15;13-7-6-8(14)9-10(17)15-12(16(9)11(7)18)4-2-1-3-5-12;5-4-1-2-6-3-7-4;5-4(6)3-1-2-3/h2*6,9-12H,1-5,7-8H2,(H,21,22,23);8-9H,1-7H2;6H,1-5H2,(H,15,17);1-3H,(H2,5,6,7);3,5-6H,1-2H2. The summed E-state index contributed by atoms with van der Waals surface area (Å²) in [6, 6.07) is 11.9. The summed E-state index contributed by atoms with van der Waals surface area (Å²) in [7, 11) is -1.04. The lowest BCUT2D eigenvalue weighted by atomic mass is 9.84. The first kappa shape index (κ1) is 75.2. The van der Waals surface area contributed by atoms with Gasteiger partial charge in [0.1, 0.15) is 93.2 Å². The molecule has 0 radical (unpaired) electrons. The van der Waals surface area contributed by atoms with Crippen molar-refractivity contribution in [3.8, 4) is 0 Å². The summed E-state index contributed by atoms with van der Waals surface area (Å²) in [6.07, 6.45) is 36.3. The molecule has 7 aromatic heterocycles. The molecule has 4 aliphatic heterocycles. The minimum Gasteiger partial charge on any atom is -0.427 e. The van der Waals surface area contributed by atoms with Gasteiger partial charge in [-0.25, -0.2) is 29.9 Å². The molecule has 34 heteroatoms. The second-order valence-electron chi connectivity index (χ2n) is 29.2. The van der Waals surface area contributed by atoms with E-state index in [9.17, 15) is 38.4 Å². The lowest BCUT2D eigenvalue weighted by molar-refractivity contribution is 0.00767. The Balaban J connectivity index is 0.000000113. The number of fused-ring (bicyclic) bond motifs is 8. The zero-order chi connectivity index (χ0) is 74.6. The molecular weight excluding hydrogens is 1580 g/mol. The monoisotopic (exact) mass is 1650 g/mol. The first-order valence-electron chi connectivity index (χ1n) is 36.5. The molecule has 7 N–H and O–H groups in total. The van der Waals surface area contributed by atoms with Crippen molar-refractivity contribution in [3.63, 3.8) is 0 Å². The molecule has 106 heavy (non-hydrogen) atoms. The van der Waals surface area contributed by atoms with Gasteiger partial charge in [-0.3, -0.25) is 56.6 Å². The molecule has 8 fully saturated rings. The van der Waals surface area contributed by atoms with Crippen LogP contribution in [0.3, 0.4) is 0 Å². The molecule has 7 aromatic rings. The molecule has 19 rings (SSSR count). The topological polar surface area (TPSA) is 346 Å². The maximum atomic E-state index is 13.4.